The topological polar surface area (TPSA) is 88.8 Å². The van der Waals surface area contributed by atoms with Crippen LogP contribution in [0.4, 0.5) is 0 Å². The number of ether oxygens (including phenoxy) is 3. The third kappa shape index (κ3) is 3.62. The van der Waals surface area contributed by atoms with Gasteiger partial charge in [-0.15, -0.1) is 0 Å². The number of nitriles is 1. The molecular formula is C15H21NO5. The molecule has 2 aliphatic rings. The quantitative estimate of drug-likeness (QED) is 0.603. The molecule has 4 atom stereocenters. The minimum Gasteiger partial charge on any atom is -0.466 e. The van der Waals surface area contributed by atoms with Crippen molar-refractivity contribution < 1.29 is 24.1 Å². The van der Waals surface area contributed by atoms with Crippen LogP contribution in [-0.2, 0) is 19.0 Å². The van der Waals surface area contributed by atoms with Crippen molar-refractivity contribution in [2.24, 2.45) is 0 Å². The van der Waals surface area contributed by atoms with E-state index in [9.17, 15) is 9.90 Å². The predicted octanol–water partition coefficient (Wildman–Crippen LogP) is 1.09. The summed E-state index contributed by atoms with van der Waals surface area (Å²) in [4.78, 5) is 11.1. The van der Waals surface area contributed by atoms with Crippen molar-refractivity contribution in [3.05, 3.63) is 12.2 Å². The first-order valence-corrected chi connectivity index (χ1v) is 7.21. The van der Waals surface area contributed by atoms with Crippen LogP contribution in [0.5, 0.6) is 0 Å². The summed E-state index contributed by atoms with van der Waals surface area (Å²) in [7, 11) is 1.32. The summed E-state index contributed by atoms with van der Waals surface area (Å²) < 4.78 is 16.4. The molecule has 0 aromatic heterocycles. The highest BCUT2D eigenvalue weighted by Gasteiger charge is 2.52. The van der Waals surface area contributed by atoms with Gasteiger partial charge in [0.05, 0.1) is 38.1 Å². The summed E-state index contributed by atoms with van der Waals surface area (Å²) in [6.45, 7) is -0.122. The maximum atomic E-state index is 11.1. The number of aliphatic hydroxyl groups excluding tert-OH is 1. The van der Waals surface area contributed by atoms with E-state index in [4.69, 9.17) is 14.7 Å². The minimum atomic E-state index is -0.719. The lowest BCUT2D eigenvalue weighted by Gasteiger charge is -2.40. The van der Waals surface area contributed by atoms with Gasteiger partial charge in [-0.3, -0.25) is 0 Å². The Morgan fingerprint density at radius 1 is 1.57 bits per heavy atom. The fourth-order valence-electron chi connectivity index (χ4n) is 3.04. The molecule has 0 aliphatic carbocycles. The van der Waals surface area contributed by atoms with Crippen LogP contribution in [0.2, 0.25) is 0 Å². The fraction of sp³-hybridized carbons (Fsp3) is 0.733. The van der Waals surface area contributed by atoms with Gasteiger partial charge in [0.1, 0.15) is 5.60 Å². The van der Waals surface area contributed by atoms with Gasteiger partial charge in [0.15, 0.2) is 0 Å². The van der Waals surface area contributed by atoms with Crippen LogP contribution in [0, 0.1) is 11.3 Å². The first-order chi connectivity index (χ1) is 10.1. The second kappa shape index (κ2) is 7.03. The molecule has 0 aromatic carbocycles. The third-order valence-electron chi connectivity index (χ3n) is 4.12. The molecule has 2 rings (SSSR count). The number of rotatable bonds is 5. The monoisotopic (exact) mass is 295 g/mol. The van der Waals surface area contributed by atoms with Crippen LogP contribution in [0.15, 0.2) is 12.2 Å². The number of hydrogen-bond donors (Lipinski definition) is 1. The molecule has 0 amide bonds. The molecule has 6 heteroatoms. The van der Waals surface area contributed by atoms with Crippen molar-refractivity contribution in [2.45, 2.75) is 56.0 Å². The second-order valence-corrected chi connectivity index (χ2v) is 5.49. The number of esters is 1. The van der Waals surface area contributed by atoms with Gasteiger partial charge in [-0.2, -0.15) is 5.26 Å². The minimum absolute atomic E-state index is 0.0139. The van der Waals surface area contributed by atoms with Gasteiger partial charge in [-0.25, -0.2) is 4.79 Å². The molecule has 21 heavy (non-hydrogen) atoms. The van der Waals surface area contributed by atoms with E-state index in [2.05, 4.69) is 10.8 Å². The number of hydrogen-bond acceptors (Lipinski definition) is 6. The van der Waals surface area contributed by atoms with Gasteiger partial charge in [-0.1, -0.05) is 0 Å². The number of aliphatic hydroxyl groups is 1. The molecule has 116 valence electrons. The van der Waals surface area contributed by atoms with E-state index < -0.39 is 11.6 Å². The van der Waals surface area contributed by atoms with E-state index in [1.807, 2.05) is 0 Å². The molecule has 2 fully saturated rings. The molecule has 3 unspecified atom stereocenters. The van der Waals surface area contributed by atoms with Crippen LogP contribution < -0.4 is 0 Å². The summed E-state index contributed by atoms with van der Waals surface area (Å²) in [5.41, 5.74) is -0.719. The van der Waals surface area contributed by atoms with Gasteiger partial charge in [0, 0.05) is 18.9 Å². The van der Waals surface area contributed by atoms with Gasteiger partial charge < -0.3 is 19.3 Å². The lowest BCUT2D eigenvalue weighted by Crippen LogP contribution is -2.51. The van der Waals surface area contributed by atoms with Crippen LogP contribution in [0.3, 0.4) is 0 Å². The highest BCUT2D eigenvalue weighted by Crippen LogP contribution is 2.42. The molecule has 6 nitrogen and oxygen atoms in total. The van der Waals surface area contributed by atoms with E-state index in [1.165, 1.54) is 13.2 Å². The summed E-state index contributed by atoms with van der Waals surface area (Å²) in [5.74, 6) is -0.431. The lowest BCUT2D eigenvalue weighted by molar-refractivity contribution is -0.182. The zero-order valence-electron chi connectivity index (χ0n) is 12.2. The van der Waals surface area contributed by atoms with Crippen LogP contribution >= 0.6 is 0 Å². The Kier molecular flexibility index (Phi) is 5.34. The Labute approximate surface area is 124 Å². The predicted molar refractivity (Wildman–Crippen MR) is 73.2 cm³/mol. The third-order valence-corrected chi connectivity index (χ3v) is 4.12. The van der Waals surface area contributed by atoms with Gasteiger partial charge in [0.25, 0.3) is 0 Å². The summed E-state index contributed by atoms with van der Waals surface area (Å²) in [6, 6.07) is 2.12. The SMILES string of the molecule is COC(=O)/C=C/C1CC2(CO)O[C@@H](CCC#N)CCC2O1. The Hall–Kier alpha value is -1.42. The van der Waals surface area contributed by atoms with Crippen molar-refractivity contribution in [1.82, 2.24) is 0 Å². The Bertz CT molecular complexity index is 444. The van der Waals surface area contributed by atoms with Gasteiger partial charge in [-0.05, 0) is 25.3 Å². The van der Waals surface area contributed by atoms with E-state index in [-0.39, 0.29) is 24.9 Å². The van der Waals surface area contributed by atoms with Crippen LogP contribution in [0.25, 0.3) is 0 Å². The van der Waals surface area contributed by atoms with E-state index in [1.54, 1.807) is 6.08 Å². The Morgan fingerprint density at radius 3 is 3.05 bits per heavy atom. The maximum absolute atomic E-state index is 11.1. The van der Waals surface area contributed by atoms with Gasteiger partial charge >= 0.3 is 5.97 Å². The molecule has 2 saturated heterocycles. The fourth-order valence-corrected chi connectivity index (χ4v) is 3.04. The van der Waals surface area contributed by atoms with Crippen molar-refractivity contribution in [3.8, 4) is 6.07 Å². The molecule has 0 aromatic rings. The van der Waals surface area contributed by atoms with E-state index in [0.717, 1.165) is 12.8 Å². The highest BCUT2D eigenvalue weighted by atomic mass is 16.6. The van der Waals surface area contributed by atoms with Crippen molar-refractivity contribution in [3.63, 3.8) is 0 Å². The zero-order valence-corrected chi connectivity index (χ0v) is 12.2. The van der Waals surface area contributed by atoms with Crippen LogP contribution in [0.1, 0.15) is 32.1 Å². The molecule has 0 spiro atoms. The summed E-state index contributed by atoms with van der Waals surface area (Å²) in [5, 5.41) is 18.4. The first kappa shape index (κ1) is 16.0. The number of nitrogens with zero attached hydrogens (tertiary/aromatic N) is 1. The Morgan fingerprint density at radius 2 is 2.38 bits per heavy atom. The molecule has 0 saturated carbocycles. The largest absolute Gasteiger partial charge is 0.466 e. The van der Waals surface area contributed by atoms with Gasteiger partial charge in [0.2, 0.25) is 0 Å². The molecule has 2 aliphatic heterocycles. The molecular weight excluding hydrogens is 274 g/mol. The summed E-state index contributed by atoms with van der Waals surface area (Å²) >= 11 is 0. The average Bonchev–Trinajstić information content (AvgIpc) is 2.88. The van der Waals surface area contributed by atoms with Crippen LogP contribution in [-0.4, -0.2) is 48.7 Å². The van der Waals surface area contributed by atoms with Crippen molar-refractivity contribution in [1.29, 1.82) is 5.26 Å². The number of methoxy groups -OCH3 is 1. The second-order valence-electron chi connectivity index (χ2n) is 5.49. The van der Waals surface area contributed by atoms with Crippen molar-refractivity contribution >= 4 is 5.97 Å². The smallest absolute Gasteiger partial charge is 0.330 e. The summed E-state index contributed by atoms with van der Waals surface area (Å²) in [6.07, 6.45) is 5.77. The maximum Gasteiger partial charge on any atom is 0.330 e. The molecule has 0 radical (unpaired) electrons. The molecule has 0 bridgehead atoms. The van der Waals surface area contributed by atoms with E-state index >= 15 is 0 Å². The molecule has 2 heterocycles. The first-order valence-electron chi connectivity index (χ1n) is 7.21. The number of carbonyl (C=O) groups is 1. The highest BCUT2D eigenvalue weighted by molar-refractivity contribution is 5.81. The normalized spacial score (nSPS) is 35.4. The zero-order chi connectivity index (χ0) is 15.3. The van der Waals surface area contributed by atoms with E-state index in [0.29, 0.717) is 19.3 Å². The standard InChI is InChI=1S/C15H21NO5/c1-19-14(18)7-5-12-9-15(10-17)13(20-12)6-4-11(21-15)3-2-8-16/h5,7,11-13,17H,2-4,6,9-10H2,1H3/b7-5+/t11-,12?,13?,15?/m0/s1. The number of fused-ring (bicyclic) bond motifs is 1. The lowest BCUT2D eigenvalue weighted by atomic mass is 9.86. The number of carbonyl (C=O) groups excluding carboxylic acids is 1. The molecule has 1 N–H and O–H groups in total. The van der Waals surface area contributed by atoms with Crippen molar-refractivity contribution in [2.75, 3.05) is 13.7 Å². The Balaban J connectivity index is 2.00. The average molecular weight is 295 g/mol.